The van der Waals surface area contributed by atoms with Crippen LogP contribution in [0.1, 0.15) is 22.4 Å². The van der Waals surface area contributed by atoms with Crippen molar-refractivity contribution in [3.63, 3.8) is 0 Å². The minimum absolute atomic E-state index is 0.0340. The smallest absolute Gasteiger partial charge is 0.263 e. The van der Waals surface area contributed by atoms with Crippen molar-refractivity contribution in [3.8, 4) is 0 Å². The molecular weight excluding hydrogens is 426 g/mol. The van der Waals surface area contributed by atoms with Crippen LogP contribution in [0.2, 0.25) is 5.02 Å². The van der Waals surface area contributed by atoms with Crippen molar-refractivity contribution >= 4 is 50.8 Å². The van der Waals surface area contributed by atoms with E-state index < -0.39 is 0 Å². The van der Waals surface area contributed by atoms with E-state index >= 15 is 0 Å². The van der Waals surface area contributed by atoms with Crippen molar-refractivity contribution in [2.75, 3.05) is 5.75 Å². The molecule has 2 heterocycles. The summed E-state index contributed by atoms with van der Waals surface area (Å²) in [6.45, 7) is 4.49. The zero-order valence-electron chi connectivity index (χ0n) is 15.7. The van der Waals surface area contributed by atoms with Gasteiger partial charge in [0.25, 0.3) is 5.56 Å². The third-order valence-electron chi connectivity index (χ3n) is 4.87. The van der Waals surface area contributed by atoms with Gasteiger partial charge in [-0.1, -0.05) is 47.6 Å². The number of nitrogens with one attached hydrogen (secondary N) is 1. The van der Waals surface area contributed by atoms with E-state index in [0.717, 1.165) is 40.6 Å². The number of fused-ring (bicyclic) bond motifs is 3. The summed E-state index contributed by atoms with van der Waals surface area (Å²) in [5.74, 6) is 0.0352. The van der Waals surface area contributed by atoms with Crippen LogP contribution < -0.4 is 10.9 Å². The summed E-state index contributed by atoms with van der Waals surface area (Å²) in [7, 11) is 0. The monoisotopic (exact) mass is 445 g/mol. The molecule has 0 atom stereocenters. The highest BCUT2D eigenvalue weighted by Crippen LogP contribution is 2.35. The molecule has 0 aliphatic heterocycles. The lowest BCUT2D eigenvalue weighted by Gasteiger charge is -2.11. The number of benzene rings is 1. The molecule has 0 saturated carbocycles. The van der Waals surface area contributed by atoms with Gasteiger partial charge in [-0.2, -0.15) is 0 Å². The van der Waals surface area contributed by atoms with Gasteiger partial charge in [-0.15, -0.1) is 17.9 Å². The van der Waals surface area contributed by atoms with Crippen LogP contribution in [0.15, 0.2) is 46.9 Å². The number of hydrogen-bond donors (Lipinski definition) is 1. The Bertz CT molecular complexity index is 1150. The molecule has 0 bridgehead atoms. The zero-order chi connectivity index (χ0) is 20.4. The lowest BCUT2D eigenvalue weighted by molar-refractivity contribution is -0.118. The number of allylic oxidation sites excluding steroid dienone is 1. The number of amides is 1. The number of halogens is 1. The largest absolute Gasteiger partial charge is 0.351 e. The summed E-state index contributed by atoms with van der Waals surface area (Å²) in [5, 5.41) is 4.79. The molecule has 4 rings (SSSR count). The van der Waals surface area contributed by atoms with Gasteiger partial charge in [-0.05, 0) is 36.5 Å². The van der Waals surface area contributed by atoms with Crippen LogP contribution in [-0.4, -0.2) is 21.2 Å². The number of aryl methyl sites for hydroxylation is 2. The lowest BCUT2D eigenvalue weighted by Crippen LogP contribution is -2.26. The first kappa shape index (κ1) is 20.2. The van der Waals surface area contributed by atoms with Crippen LogP contribution in [0, 0.1) is 0 Å². The van der Waals surface area contributed by atoms with Gasteiger partial charge in [0.05, 0.1) is 11.1 Å². The third-order valence-corrected chi connectivity index (χ3v) is 7.40. The minimum Gasteiger partial charge on any atom is -0.351 e. The Morgan fingerprint density at radius 1 is 1.38 bits per heavy atom. The maximum atomic E-state index is 13.1. The summed E-state index contributed by atoms with van der Waals surface area (Å²) in [6.07, 6.45) is 4.74. The Kier molecular flexibility index (Phi) is 6.08. The van der Waals surface area contributed by atoms with Gasteiger partial charge in [0.15, 0.2) is 5.16 Å². The lowest BCUT2D eigenvalue weighted by atomic mass is 10.2. The first-order chi connectivity index (χ1) is 14.1. The maximum absolute atomic E-state index is 13.1. The quantitative estimate of drug-likeness (QED) is 0.336. The number of carbonyl (C=O) groups is 1. The maximum Gasteiger partial charge on any atom is 0.263 e. The number of thioether (sulfide) groups is 1. The zero-order valence-corrected chi connectivity index (χ0v) is 18.1. The van der Waals surface area contributed by atoms with Gasteiger partial charge in [-0.25, -0.2) is 4.98 Å². The predicted octanol–water partition coefficient (Wildman–Crippen LogP) is 4.19. The van der Waals surface area contributed by atoms with Crippen molar-refractivity contribution in [1.82, 2.24) is 14.9 Å². The van der Waals surface area contributed by atoms with Crippen LogP contribution in [0.4, 0.5) is 0 Å². The molecule has 5 nitrogen and oxygen atoms in total. The molecule has 0 unspecified atom stereocenters. The highest BCUT2D eigenvalue weighted by molar-refractivity contribution is 7.99. The average Bonchev–Trinajstić information content (AvgIpc) is 3.29. The summed E-state index contributed by atoms with van der Waals surface area (Å²) >= 11 is 9.00. The normalized spacial score (nSPS) is 12.9. The molecule has 0 spiro atoms. The molecule has 1 aliphatic rings. The second-order valence-electron chi connectivity index (χ2n) is 6.79. The average molecular weight is 446 g/mol. The van der Waals surface area contributed by atoms with Gasteiger partial charge in [0, 0.05) is 23.0 Å². The summed E-state index contributed by atoms with van der Waals surface area (Å²) in [4.78, 5) is 32.2. The van der Waals surface area contributed by atoms with E-state index in [1.165, 1.54) is 16.6 Å². The van der Waals surface area contributed by atoms with E-state index in [0.29, 0.717) is 23.3 Å². The van der Waals surface area contributed by atoms with E-state index in [-0.39, 0.29) is 17.2 Å². The topological polar surface area (TPSA) is 64.0 Å². The minimum atomic E-state index is -0.136. The van der Waals surface area contributed by atoms with Gasteiger partial charge < -0.3 is 5.32 Å². The van der Waals surface area contributed by atoms with Crippen LogP contribution in [0.3, 0.4) is 0 Å². The molecule has 1 aliphatic carbocycles. The van der Waals surface area contributed by atoms with Crippen LogP contribution in [-0.2, 0) is 30.7 Å². The molecule has 0 fully saturated rings. The van der Waals surface area contributed by atoms with Gasteiger partial charge in [0.1, 0.15) is 4.83 Å². The fourth-order valence-corrected chi connectivity index (χ4v) is 5.82. The fraction of sp³-hybridized carbons (Fsp3) is 0.286. The number of aromatic nitrogens is 2. The first-order valence-corrected chi connectivity index (χ1v) is 11.6. The molecule has 1 aromatic carbocycles. The number of hydrogen-bond acceptors (Lipinski definition) is 5. The molecule has 1 amide bonds. The molecule has 0 radical (unpaired) electrons. The Labute approximate surface area is 181 Å². The Morgan fingerprint density at radius 3 is 3.00 bits per heavy atom. The summed E-state index contributed by atoms with van der Waals surface area (Å²) in [6, 6.07) is 7.41. The number of carbonyl (C=O) groups excluding carboxylic acids is 1. The van der Waals surface area contributed by atoms with E-state index in [2.05, 4.69) is 11.9 Å². The van der Waals surface area contributed by atoms with E-state index in [4.69, 9.17) is 16.6 Å². The van der Waals surface area contributed by atoms with Crippen molar-refractivity contribution in [1.29, 1.82) is 0 Å². The molecule has 1 N–H and O–H groups in total. The Morgan fingerprint density at radius 2 is 2.21 bits per heavy atom. The van der Waals surface area contributed by atoms with Gasteiger partial charge in [-0.3, -0.25) is 14.2 Å². The first-order valence-electron chi connectivity index (χ1n) is 9.37. The SMILES string of the molecule is C=CCn1c(SCC(=O)NCc2ccccc2Cl)nc2sc3c(c2c1=O)CCC3. The highest BCUT2D eigenvalue weighted by atomic mass is 35.5. The predicted molar refractivity (Wildman–Crippen MR) is 120 cm³/mol. The van der Waals surface area contributed by atoms with E-state index in [1.807, 2.05) is 18.2 Å². The molecule has 2 aromatic heterocycles. The Hall–Kier alpha value is -2.09. The second-order valence-corrected chi connectivity index (χ2v) is 9.23. The Balaban J connectivity index is 1.52. The number of nitrogens with zero attached hydrogens (tertiary/aromatic N) is 2. The second kappa shape index (κ2) is 8.73. The van der Waals surface area contributed by atoms with Gasteiger partial charge >= 0.3 is 0 Å². The molecule has 3 aromatic rings. The van der Waals surface area contributed by atoms with Crippen LogP contribution in [0.25, 0.3) is 10.2 Å². The third kappa shape index (κ3) is 4.13. The molecule has 8 heteroatoms. The van der Waals surface area contributed by atoms with Crippen molar-refractivity contribution < 1.29 is 4.79 Å². The van der Waals surface area contributed by atoms with Crippen molar-refractivity contribution in [3.05, 3.63) is 68.3 Å². The fourth-order valence-electron chi connectivity index (χ4n) is 3.48. The van der Waals surface area contributed by atoms with E-state index in [9.17, 15) is 9.59 Å². The standard InChI is InChI=1S/C21H20ClN3O2S2/c1-2-10-25-20(27)18-14-7-5-9-16(14)29-19(18)24-21(25)28-12-17(26)23-11-13-6-3-4-8-15(13)22/h2-4,6,8H,1,5,7,9-12H2,(H,23,26). The van der Waals surface area contributed by atoms with Crippen molar-refractivity contribution in [2.45, 2.75) is 37.5 Å². The highest BCUT2D eigenvalue weighted by Gasteiger charge is 2.23. The summed E-state index contributed by atoms with van der Waals surface area (Å²) in [5.41, 5.74) is 1.99. The molecule has 0 saturated heterocycles. The number of thiophene rings is 1. The van der Waals surface area contributed by atoms with Crippen molar-refractivity contribution in [2.24, 2.45) is 0 Å². The van der Waals surface area contributed by atoms with Crippen LogP contribution >= 0.6 is 34.7 Å². The molecular formula is C21H20ClN3O2S2. The van der Waals surface area contributed by atoms with E-state index in [1.54, 1.807) is 28.0 Å². The molecule has 150 valence electrons. The number of rotatable bonds is 7. The van der Waals surface area contributed by atoms with Crippen LogP contribution in [0.5, 0.6) is 0 Å². The summed E-state index contributed by atoms with van der Waals surface area (Å²) < 4.78 is 1.62. The molecule has 29 heavy (non-hydrogen) atoms. The van der Waals surface area contributed by atoms with Gasteiger partial charge in [0.2, 0.25) is 5.91 Å².